The molecule has 114 valence electrons. The molecule has 0 rings (SSSR count). The van der Waals surface area contributed by atoms with Crippen molar-refractivity contribution in [1.29, 1.82) is 0 Å². The second kappa shape index (κ2) is 10.8. The molecule has 2 N–H and O–H groups in total. The molecular weight excluding hydrogens is 268 g/mol. The van der Waals surface area contributed by atoms with E-state index in [1.807, 2.05) is 0 Å². The van der Waals surface area contributed by atoms with Crippen molar-refractivity contribution in [3.05, 3.63) is 0 Å². The average molecular weight is 288 g/mol. The van der Waals surface area contributed by atoms with Crippen molar-refractivity contribution in [2.75, 3.05) is 26.3 Å². The molecule has 0 atom stereocenters. The summed E-state index contributed by atoms with van der Waals surface area (Å²) in [6, 6.07) is 0. The molecule has 0 bridgehead atoms. The summed E-state index contributed by atoms with van der Waals surface area (Å²) in [5, 5.41) is 4.65. The van der Waals surface area contributed by atoms with Gasteiger partial charge in [0.05, 0.1) is 13.2 Å². The summed E-state index contributed by atoms with van der Waals surface area (Å²) in [4.78, 5) is 44.5. The number of carbonyl (C=O) groups excluding carboxylic acids is 4. The van der Waals surface area contributed by atoms with E-state index >= 15 is 0 Å². The van der Waals surface area contributed by atoms with E-state index < -0.39 is 23.8 Å². The molecule has 0 saturated carbocycles. The molecule has 0 heterocycles. The molecule has 0 aliphatic heterocycles. The molecule has 0 aromatic carbocycles. The summed E-state index contributed by atoms with van der Waals surface area (Å²) >= 11 is 0. The van der Waals surface area contributed by atoms with Crippen molar-refractivity contribution >= 4 is 23.8 Å². The number of nitrogens with one attached hydrogen (secondary N) is 2. The zero-order chi connectivity index (χ0) is 15.4. The van der Waals surface area contributed by atoms with Crippen molar-refractivity contribution in [3.63, 3.8) is 0 Å². The highest BCUT2D eigenvalue weighted by Crippen LogP contribution is 1.89. The van der Waals surface area contributed by atoms with Gasteiger partial charge in [0.25, 0.3) is 0 Å². The number of amides is 2. The highest BCUT2D eigenvalue weighted by atomic mass is 16.5. The molecular formula is C12H20N2O6. The molecule has 0 unspecified atom stereocenters. The summed E-state index contributed by atoms with van der Waals surface area (Å²) in [5.74, 6) is -1.95. The van der Waals surface area contributed by atoms with Gasteiger partial charge in [-0.2, -0.15) is 0 Å². The van der Waals surface area contributed by atoms with Crippen LogP contribution in [0.15, 0.2) is 0 Å². The fraction of sp³-hybridized carbons (Fsp3) is 0.667. The molecule has 2 amide bonds. The first kappa shape index (κ1) is 17.9. The smallest absolute Gasteiger partial charge is 0.325 e. The standard InChI is InChI=1S/C12H20N2O6/c1-3-19-11(17)7-13-9(15)5-6-10(16)14-8-12(18)20-4-2/h3-8H2,1-2H3,(H,13,15)(H,14,16). The van der Waals surface area contributed by atoms with E-state index in [-0.39, 0.29) is 39.1 Å². The first-order valence-corrected chi connectivity index (χ1v) is 6.34. The molecule has 20 heavy (non-hydrogen) atoms. The molecule has 0 aromatic rings. The maximum Gasteiger partial charge on any atom is 0.325 e. The first-order valence-electron chi connectivity index (χ1n) is 6.34. The van der Waals surface area contributed by atoms with Crippen molar-refractivity contribution in [3.8, 4) is 0 Å². The third kappa shape index (κ3) is 9.86. The molecule has 0 aromatic heterocycles. The minimum Gasteiger partial charge on any atom is -0.465 e. The largest absolute Gasteiger partial charge is 0.465 e. The fourth-order valence-electron chi connectivity index (χ4n) is 1.17. The van der Waals surface area contributed by atoms with Crippen LogP contribution in [0.2, 0.25) is 0 Å². The molecule has 0 radical (unpaired) electrons. The van der Waals surface area contributed by atoms with Gasteiger partial charge in [0, 0.05) is 12.8 Å². The lowest BCUT2D eigenvalue weighted by Crippen LogP contribution is -2.33. The number of hydrogen-bond acceptors (Lipinski definition) is 6. The van der Waals surface area contributed by atoms with E-state index in [1.165, 1.54) is 0 Å². The normalized spacial score (nSPS) is 9.50. The number of esters is 2. The Morgan fingerprint density at radius 2 is 1.10 bits per heavy atom. The minimum atomic E-state index is -0.535. The van der Waals surface area contributed by atoms with E-state index in [4.69, 9.17) is 0 Å². The van der Waals surface area contributed by atoms with Crippen LogP contribution in [-0.4, -0.2) is 50.1 Å². The Hall–Kier alpha value is -2.12. The SMILES string of the molecule is CCOC(=O)CNC(=O)CCC(=O)NCC(=O)OCC. The monoisotopic (exact) mass is 288 g/mol. The van der Waals surface area contributed by atoms with Crippen LogP contribution < -0.4 is 10.6 Å². The van der Waals surface area contributed by atoms with Crippen LogP contribution in [0.5, 0.6) is 0 Å². The van der Waals surface area contributed by atoms with Crippen LogP contribution in [0.3, 0.4) is 0 Å². The van der Waals surface area contributed by atoms with E-state index in [9.17, 15) is 19.2 Å². The van der Waals surface area contributed by atoms with Gasteiger partial charge in [-0.25, -0.2) is 0 Å². The quantitative estimate of drug-likeness (QED) is 0.533. The van der Waals surface area contributed by atoms with Crippen molar-refractivity contribution < 1.29 is 28.7 Å². The lowest BCUT2D eigenvalue weighted by atomic mass is 10.3. The maximum atomic E-state index is 11.3. The predicted molar refractivity (Wildman–Crippen MR) is 68.5 cm³/mol. The Bertz CT molecular complexity index is 322. The fourth-order valence-corrected chi connectivity index (χ4v) is 1.17. The lowest BCUT2D eigenvalue weighted by molar-refractivity contribution is -0.144. The van der Waals surface area contributed by atoms with Gasteiger partial charge < -0.3 is 20.1 Å². The third-order valence-corrected chi connectivity index (χ3v) is 2.05. The van der Waals surface area contributed by atoms with E-state index in [2.05, 4.69) is 20.1 Å². The van der Waals surface area contributed by atoms with Crippen LogP contribution in [0.1, 0.15) is 26.7 Å². The summed E-state index contributed by atoms with van der Waals surface area (Å²) in [6.45, 7) is 3.35. The van der Waals surface area contributed by atoms with Gasteiger partial charge in [0.1, 0.15) is 13.1 Å². The first-order chi connectivity index (χ1) is 9.49. The Morgan fingerprint density at radius 3 is 1.40 bits per heavy atom. The maximum absolute atomic E-state index is 11.3. The molecule has 0 spiro atoms. The number of rotatable bonds is 9. The molecule has 0 fully saturated rings. The molecule has 8 nitrogen and oxygen atoms in total. The second-order valence-electron chi connectivity index (χ2n) is 3.66. The van der Waals surface area contributed by atoms with Crippen LogP contribution in [0, 0.1) is 0 Å². The van der Waals surface area contributed by atoms with E-state index in [0.717, 1.165) is 0 Å². The molecule has 8 heteroatoms. The Kier molecular flexibility index (Phi) is 9.63. The highest BCUT2D eigenvalue weighted by molar-refractivity contribution is 5.87. The van der Waals surface area contributed by atoms with Gasteiger partial charge in [-0.05, 0) is 13.8 Å². The second-order valence-corrected chi connectivity index (χ2v) is 3.66. The van der Waals surface area contributed by atoms with E-state index in [0.29, 0.717) is 0 Å². The number of hydrogen-bond donors (Lipinski definition) is 2. The number of ether oxygens (including phenoxy) is 2. The van der Waals surface area contributed by atoms with Crippen molar-refractivity contribution in [1.82, 2.24) is 10.6 Å². The summed E-state index contributed by atoms with van der Waals surface area (Å²) in [7, 11) is 0. The van der Waals surface area contributed by atoms with Crippen LogP contribution in [0.4, 0.5) is 0 Å². The molecule has 0 aliphatic carbocycles. The topological polar surface area (TPSA) is 111 Å². The lowest BCUT2D eigenvalue weighted by Gasteiger charge is -2.06. The van der Waals surface area contributed by atoms with Crippen molar-refractivity contribution in [2.45, 2.75) is 26.7 Å². The molecule has 0 aliphatic rings. The van der Waals surface area contributed by atoms with Gasteiger partial charge in [0.2, 0.25) is 11.8 Å². The van der Waals surface area contributed by atoms with E-state index in [1.54, 1.807) is 13.8 Å². The predicted octanol–water partition coefficient (Wildman–Crippen LogP) is -0.875. The van der Waals surface area contributed by atoms with Gasteiger partial charge in [0.15, 0.2) is 0 Å². The average Bonchev–Trinajstić information content (AvgIpc) is 2.41. The van der Waals surface area contributed by atoms with Crippen molar-refractivity contribution in [2.24, 2.45) is 0 Å². The Morgan fingerprint density at radius 1 is 0.750 bits per heavy atom. The van der Waals surface area contributed by atoms with Crippen LogP contribution in [-0.2, 0) is 28.7 Å². The third-order valence-electron chi connectivity index (χ3n) is 2.05. The summed E-state index contributed by atoms with van der Waals surface area (Å²) in [5.41, 5.74) is 0. The van der Waals surface area contributed by atoms with Gasteiger partial charge in [-0.3, -0.25) is 19.2 Å². The van der Waals surface area contributed by atoms with Gasteiger partial charge in [-0.15, -0.1) is 0 Å². The number of carbonyl (C=O) groups is 4. The van der Waals surface area contributed by atoms with Crippen LogP contribution >= 0.6 is 0 Å². The van der Waals surface area contributed by atoms with Gasteiger partial charge >= 0.3 is 11.9 Å². The summed E-state index contributed by atoms with van der Waals surface area (Å²) in [6.07, 6.45) is -0.151. The Labute approximate surface area is 117 Å². The zero-order valence-electron chi connectivity index (χ0n) is 11.7. The molecule has 0 saturated heterocycles. The van der Waals surface area contributed by atoms with Gasteiger partial charge in [-0.1, -0.05) is 0 Å². The van der Waals surface area contributed by atoms with Crippen LogP contribution in [0.25, 0.3) is 0 Å². The highest BCUT2D eigenvalue weighted by Gasteiger charge is 2.10. The Balaban J connectivity index is 3.70. The zero-order valence-corrected chi connectivity index (χ0v) is 11.7. The minimum absolute atomic E-state index is 0.0753. The summed E-state index contributed by atoms with van der Waals surface area (Å²) < 4.78 is 9.24.